The van der Waals surface area contributed by atoms with Crippen LogP contribution in [-0.4, -0.2) is 43.0 Å². The van der Waals surface area contributed by atoms with Gasteiger partial charge in [-0.15, -0.1) is 0 Å². The fourth-order valence-electron chi connectivity index (χ4n) is 2.97. The summed E-state index contributed by atoms with van der Waals surface area (Å²) in [6, 6.07) is 13.4. The first-order valence-electron chi connectivity index (χ1n) is 8.34. The van der Waals surface area contributed by atoms with E-state index < -0.39 is 0 Å². The van der Waals surface area contributed by atoms with E-state index in [0.717, 1.165) is 37.6 Å². The Labute approximate surface area is 152 Å². The molecule has 0 radical (unpaired) electrons. The zero-order valence-electron chi connectivity index (χ0n) is 14.1. The standard InChI is InChI=1S/C19H21ClFN3O/c1-14(19(25)22-17-6-2-15(20)3-7-17)23-10-12-24(13-11-23)18-8-4-16(21)5-9-18/h2-9,14H,10-13H2,1H3,(H,22,25)/t14-/m1/s1. The molecule has 0 spiro atoms. The Morgan fingerprint density at radius 2 is 1.64 bits per heavy atom. The number of piperazine rings is 1. The van der Waals surface area contributed by atoms with Crippen LogP contribution in [-0.2, 0) is 4.79 Å². The van der Waals surface area contributed by atoms with Crippen LogP contribution in [0.5, 0.6) is 0 Å². The smallest absolute Gasteiger partial charge is 0.241 e. The van der Waals surface area contributed by atoms with Crippen molar-refractivity contribution in [1.82, 2.24) is 4.90 Å². The molecular weight excluding hydrogens is 341 g/mol. The topological polar surface area (TPSA) is 35.6 Å². The summed E-state index contributed by atoms with van der Waals surface area (Å²) in [6.45, 7) is 5.10. The number of anilines is 2. The summed E-state index contributed by atoms with van der Waals surface area (Å²) in [5.41, 5.74) is 1.76. The van der Waals surface area contributed by atoms with Gasteiger partial charge in [-0.3, -0.25) is 9.69 Å². The Bertz CT molecular complexity index is 712. The van der Waals surface area contributed by atoms with Crippen molar-refractivity contribution in [1.29, 1.82) is 0 Å². The van der Waals surface area contributed by atoms with E-state index in [1.165, 1.54) is 12.1 Å². The second-order valence-electron chi connectivity index (χ2n) is 6.17. The third-order valence-corrected chi connectivity index (χ3v) is 4.80. The van der Waals surface area contributed by atoms with Crippen molar-refractivity contribution in [3.05, 3.63) is 59.4 Å². The molecule has 0 saturated carbocycles. The molecule has 1 aliphatic heterocycles. The van der Waals surface area contributed by atoms with Crippen LogP contribution in [0.1, 0.15) is 6.92 Å². The van der Waals surface area contributed by atoms with E-state index in [9.17, 15) is 9.18 Å². The summed E-state index contributed by atoms with van der Waals surface area (Å²) >= 11 is 5.86. The van der Waals surface area contributed by atoms with Gasteiger partial charge in [0.05, 0.1) is 6.04 Å². The van der Waals surface area contributed by atoms with Crippen LogP contribution in [0.2, 0.25) is 5.02 Å². The van der Waals surface area contributed by atoms with E-state index in [1.807, 2.05) is 6.92 Å². The van der Waals surface area contributed by atoms with Gasteiger partial charge in [0.1, 0.15) is 5.82 Å². The number of carbonyl (C=O) groups is 1. The molecule has 1 saturated heterocycles. The van der Waals surface area contributed by atoms with Crippen molar-refractivity contribution >= 4 is 28.9 Å². The largest absolute Gasteiger partial charge is 0.369 e. The van der Waals surface area contributed by atoms with Gasteiger partial charge in [0.15, 0.2) is 0 Å². The number of carbonyl (C=O) groups excluding carboxylic acids is 1. The molecule has 6 heteroatoms. The highest BCUT2D eigenvalue weighted by atomic mass is 35.5. The van der Waals surface area contributed by atoms with Gasteiger partial charge >= 0.3 is 0 Å². The molecule has 25 heavy (non-hydrogen) atoms. The normalized spacial score (nSPS) is 16.5. The molecule has 1 N–H and O–H groups in total. The summed E-state index contributed by atoms with van der Waals surface area (Å²) in [4.78, 5) is 16.8. The van der Waals surface area contributed by atoms with Gasteiger partial charge in [0.25, 0.3) is 0 Å². The molecule has 1 aliphatic rings. The lowest BCUT2D eigenvalue weighted by atomic mass is 10.2. The molecule has 1 heterocycles. The molecule has 2 aromatic rings. The second-order valence-corrected chi connectivity index (χ2v) is 6.61. The molecule has 132 valence electrons. The highest BCUT2D eigenvalue weighted by molar-refractivity contribution is 6.30. The predicted molar refractivity (Wildman–Crippen MR) is 99.7 cm³/mol. The van der Waals surface area contributed by atoms with E-state index in [0.29, 0.717) is 5.02 Å². The fraction of sp³-hybridized carbons (Fsp3) is 0.316. The van der Waals surface area contributed by atoms with Gasteiger partial charge < -0.3 is 10.2 Å². The molecule has 1 amide bonds. The van der Waals surface area contributed by atoms with Crippen molar-refractivity contribution in [3.63, 3.8) is 0 Å². The van der Waals surface area contributed by atoms with E-state index >= 15 is 0 Å². The molecule has 1 fully saturated rings. The van der Waals surface area contributed by atoms with Crippen molar-refractivity contribution in [3.8, 4) is 0 Å². The molecule has 1 atom stereocenters. The van der Waals surface area contributed by atoms with Crippen molar-refractivity contribution in [2.24, 2.45) is 0 Å². The van der Waals surface area contributed by atoms with E-state index in [4.69, 9.17) is 11.6 Å². The van der Waals surface area contributed by atoms with E-state index in [1.54, 1.807) is 36.4 Å². The summed E-state index contributed by atoms with van der Waals surface area (Å²) in [5.74, 6) is -0.257. The maximum atomic E-state index is 13.0. The lowest BCUT2D eigenvalue weighted by molar-refractivity contribution is -0.120. The van der Waals surface area contributed by atoms with Crippen LogP contribution < -0.4 is 10.2 Å². The Morgan fingerprint density at radius 1 is 1.04 bits per heavy atom. The van der Waals surface area contributed by atoms with E-state index in [-0.39, 0.29) is 17.8 Å². The highest BCUT2D eigenvalue weighted by Crippen LogP contribution is 2.19. The SMILES string of the molecule is C[C@H](C(=O)Nc1ccc(Cl)cc1)N1CCN(c2ccc(F)cc2)CC1. The number of nitrogens with zero attached hydrogens (tertiary/aromatic N) is 2. The Balaban J connectivity index is 1.53. The molecule has 0 aromatic heterocycles. The van der Waals surface area contributed by atoms with Crippen LogP contribution in [0, 0.1) is 5.82 Å². The lowest BCUT2D eigenvalue weighted by Gasteiger charge is -2.38. The van der Waals surface area contributed by atoms with Crippen molar-refractivity contribution < 1.29 is 9.18 Å². The molecule has 0 aliphatic carbocycles. The molecule has 4 nitrogen and oxygen atoms in total. The number of hydrogen-bond acceptors (Lipinski definition) is 3. The van der Waals surface area contributed by atoms with Crippen molar-refractivity contribution in [2.45, 2.75) is 13.0 Å². The van der Waals surface area contributed by atoms with Crippen molar-refractivity contribution in [2.75, 3.05) is 36.4 Å². The molecule has 0 unspecified atom stereocenters. The number of amides is 1. The van der Waals surface area contributed by atoms with Crippen LogP contribution >= 0.6 is 11.6 Å². The Hall–Kier alpha value is -2.11. The minimum Gasteiger partial charge on any atom is -0.369 e. The monoisotopic (exact) mass is 361 g/mol. The third kappa shape index (κ3) is 4.50. The second kappa shape index (κ2) is 7.85. The van der Waals surface area contributed by atoms with Crippen LogP contribution in [0.15, 0.2) is 48.5 Å². The Kier molecular flexibility index (Phi) is 5.56. The zero-order chi connectivity index (χ0) is 17.8. The first kappa shape index (κ1) is 17.7. The van der Waals surface area contributed by atoms with Crippen LogP contribution in [0.4, 0.5) is 15.8 Å². The first-order valence-corrected chi connectivity index (χ1v) is 8.72. The van der Waals surface area contributed by atoms with E-state index in [2.05, 4.69) is 15.1 Å². The quantitative estimate of drug-likeness (QED) is 0.903. The maximum Gasteiger partial charge on any atom is 0.241 e. The maximum absolute atomic E-state index is 13.0. The number of benzene rings is 2. The molecule has 2 aromatic carbocycles. The number of hydrogen-bond donors (Lipinski definition) is 1. The van der Waals surface area contributed by atoms with Gasteiger partial charge in [-0.2, -0.15) is 0 Å². The first-order chi connectivity index (χ1) is 12.0. The molecule has 0 bridgehead atoms. The zero-order valence-corrected chi connectivity index (χ0v) is 14.8. The molecular formula is C19H21ClFN3O. The summed E-state index contributed by atoms with van der Waals surface area (Å²) in [6.07, 6.45) is 0. The minimum atomic E-state index is -0.227. The number of halogens is 2. The Morgan fingerprint density at radius 3 is 2.24 bits per heavy atom. The fourth-order valence-corrected chi connectivity index (χ4v) is 3.09. The van der Waals surface area contributed by atoms with Gasteiger partial charge in [-0.1, -0.05) is 11.6 Å². The van der Waals surface area contributed by atoms with Crippen LogP contribution in [0.3, 0.4) is 0 Å². The van der Waals surface area contributed by atoms with Gasteiger partial charge in [-0.05, 0) is 55.5 Å². The van der Waals surface area contributed by atoms with Gasteiger partial charge in [0, 0.05) is 42.6 Å². The average molecular weight is 362 g/mol. The average Bonchev–Trinajstić information content (AvgIpc) is 2.64. The third-order valence-electron chi connectivity index (χ3n) is 4.54. The summed E-state index contributed by atoms with van der Waals surface area (Å²) in [7, 11) is 0. The minimum absolute atomic E-state index is 0.0300. The highest BCUT2D eigenvalue weighted by Gasteiger charge is 2.25. The van der Waals surface area contributed by atoms with Crippen LogP contribution in [0.25, 0.3) is 0 Å². The number of rotatable bonds is 4. The predicted octanol–water partition coefficient (Wildman–Crippen LogP) is 3.63. The van der Waals surface area contributed by atoms with Gasteiger partial charge in [-0.25, -0.2) is 4.39 Å². The molecule has 3 rings (SSSR count). The summed E-state index contributed by atoms with van der Waals surface area (Å²) < 4.78 is 13.0. The summed E-state index contributed by atoms with van der Waals surface area (Å²) in [5, 5.41) is 3.56. The number of nitrogens with one attached hydrogen (secondary N) is 1. The lowest BCUT2D eigenvalue weighted by Crippen LogP contribution is -2.52. The van der Waals surface area contributed by atoms with Gasteiger partial charge in [0.2, 0.25) is 5.91 Å².